The fourth-order valence-corrected chi connectivity index (χ4v) is 3.23. The van der Waals surface area contributed by atoms with Gasteiger partial charge in [-0.05, 0) is 32.0 Å². The first-order valence-corrected chi connectivity index (χ1v) is 9.22. The van der Waals surface area contributed by atoms with E-state index in [1.54, 1.807) is 27.7 Å². The Labute approximate surface area is 162 Å². The Morgan fingerprint density at radius 1 is 1.18 bits per heavy atom. The molecule has 1 amide bonds. The molecule has 0 unspecified atom stereocenters. The van der Waals surface area contributed by atoms with E-state index >= 15 is 0 Å². The van der Waals surface area contributed by atoms with Crippen LogP contribution in [0.3, 0.4) is 0 Å². The second-order valence-corrected chi connectivity index (χ2v) is 6.89. The maximum atomic E-state index is 12.1. The van der Waals surface area contributed by atoms with Gasteiger partial charge in [0, 0.05) is 44.1 Å². The molecule has 4 heterocycles. The van der Waals surface area contributed by atoms with Crippen molar-refractivity contribution in [2.45, 2.75) is 20.0 Å². The third-order valence-corrected chi connectivity index (χ3v) is 4.63. The minimum Gasteiger partial charge on any atom is -0.493 e. The van der Waals surface area contributed by atoms with Gasteiger partial charge in [0.1, 0.15) is 5.82 Å². The third-order valence-electron chi connectivity index (χ3n) is 4.63. The number of pyridine rings is 1. The number of aromatic hydroxyl groups is 1. The highest BCUT2D eigenvalue weighted by molar-refractivity contribution is 5.80. The topological polar surface area (TPSA) is 96.1 Å². The fraction of sp³-hybridized carbons (Fsp3) is 0.368. The van der Waals surface area contributed by atoms with Crippen LogP contribution in [0.1, 0.15) is 13.8 Å². The van der Waals surface area contributed by atoms with Crippen molar-refractivity contribution in [2.75, 3.05) is 31.1 Å². The van der Waals surface area contributed by atoms with Gasteiger partial charge in [-0.2, -0.15) is 5.10 Å². The predicted molar refractivity (Wildman–Crippen MR) is 103 cm³/mol. The maximum Gasteiger partial charge on any atom is 0.410 e. The van der Waals surface area contributed by atoms with Gasteiger partial charge in [-0.3, -0.25) is 0 Å². The molecule has 0 aromatic carbocycles. The molecule has 0 bridgehead atoms. The molecular weight excluding hydrogens is 360 g/mol. The molecule has 9 nitrogen and oxygen atoms in total. The molecule has 28 heavy (non-hydrogen) atoms. The Balaban J connectivity index is 1.55. The van der Waals surface area contributed by atoms with Crippen LogP contribution in [0.2, 0.25) is 0 Å². The summed E-state index contributed by atoms with van der Waals surface area (Å²) in [6.45, 7) is 6.17. The van der Waals surface area contributed by atoms with Gasteiger partial charge >= 0.3 is 6.09 Å². The van der Waals surface area contributed by atoms with Crippen LogP contribution in [0.15, 0.2) is 36.8 Å². The van der Waals surface area contributed by atoms with Gasteiger partial charge in [-0.1, -0.05) is 0 Å². The molecule has 1 saturated heterocycles. The number of rotatable bonds is 3. The Kier molecular flexibility index (Phi) is 4.72. The Morgan fingerprint density at radius 2 is 1.96 bits per heavy atom. The minimum absolute atomic E-state index is 0.0538. The highest BCUT2D eigenvalue weighted by Gasteiger charge is 2.24. The van der Waals surface area contributed by atoms with Crippen LogP contribution in [0.5, 0.6) is 5.88 Å². The summed E-state index contributed by atoms with van der Waals surface area (Å²) in [6.07, 6.45) is 4.64. The minimum atomic E-state index is -0.275. The molecule has 1 fully saturated rings. The van der Waals surface area contributed by atoms with Gasteiger partial charge in [0.05, 0.1) is 17.9 Å². The van der Waals surface area contributed by atoms with E-state index in [2.05, 4.69) is 15.0 Å². The number of hydrogen-bond acceptors (Lipinski definition) is 7. The van der Waals surface area contributed by atoms with Gasteiger partial charge in [0.15, 0.2) is 5.65 Å². The standard InChI is InChI=1S/C19H22N6O3/c1-13(2)28-19(27)24-10-8-23(9-11-24)16-5-7-25-17(22-16)15(12-21-25)14-4-3-6-20-18(14)26/h3-7,12-13H,8-11H2,1-2H3,(H,20,26). The van der Waals surface area contributed by atoms with Crippen LogP contribution in [-0.2, 0) is 4.74 Å². The summed E-state index contributed by atoms with van der Waals surface area (Å²) in [5.74, 6) is 0.747. The number of aromatic nitrogens is 4. The van der Waals surface area contributed by atoms with Crippen molar-refractivity contribution < 1.29 is 14.6 Å². The summed E-state index contributed by atoms with van der Waals surface area (Å²) in [7, 11) is 0. The van der Waals surface area contributed by atoms with Crippen LogP contribution in [0.4, 0.5) is 10.6 Å². The van der Waals surface area contributed by atoms with E-state index < -0.39 is 0 Å². The molecule has 146 valence electrons. The molecule has 3 aromatic rings. The van der Waals surface area contributed by atoms with Gasteiger partial charge < -0.3 is 19.6 Å². The van der Waals surface area contributed by atoms with Crippen molar-refractivity contribution in [3.05, 3.63) is 36.8 Å². The van der Waals surface area contributed by atoms with Crippen LogP contribution in [0.25, 0.3) is 16.8 Å². The Morgan fingerprint density at radius 3 is 2.68 bits per heavy atom. The van der Waals surface area contributed by atoms with Gasteiger partial charge in [-0.25, -0.2) is 19.3 Å². The molecule has 1 aliphatic rings. The molecule has 4 rings (SSSR count). The van der Waals surface area contributed by atoms with Crippen molar-refractivity contribution in [3.63, 3.8) is 0 Å². The zero-order valence-corrected chi connectivity index (χ0v) is 15.8. The number of hydrogen-bond donors (Lipinski definition) is 1. The number of nitrogens with zero attached hydrogens (tertiary/aromatic N) is 6. The second kappa shape index (κ2) is 7.34. The average Bonchev–Trinajstić information content (AvgIpc) is 3.11. The zero-order chi connectivity index (χ0) is 19.7. The fourth-order valence-electron chi connectivity index (χ4n) is 3.23. The van der Waals surface area contributed by atoms with E-state index in [0.717, 1.165) is 5.82 Å². The monoisotopic (exact) mass is 382 g/mol. The molecule has 0 aliphatic carbocycles. The summed E-state index contributed by atoms with van der Waals surface area (Å²) in [4.78, 5) is 24.6. The first-order chi connectivity index (χ1) is 13.5. The summed E-state index contributed by atoms with van der Waals surface area (Å²) in [6, 6.07) is 5.44. The highest BCUT2D eigenvalue weighted by Crippen LogP contribution is 2.30. The molecular formula is C19H22N6O3. The lowest BCUT2D eigenvalue weighted by atomic mass is 10.1. The van der Waals surface area contributed by atoms with Gasteiger partial charge in [0.2, 0.25) is 5.88 Å². The molecule has 0 spiro atoms. The number of amides is 1. The molecule has 9 heteroatoms. The molecule has 0 saturated carbocycles. The molecule has 3 aromatic heterocycles. The van der Waals surface area contributed by atoms with Gasteiger partial charge in [-0.15, -0.1) is 0 Å². The number of carbonyl (C=O) groups excluding carboxylic acids is 1. The summed E-state index contributed by atoms with van der Waals surface area (Å²) < 4.78 is 6.93. The predicted octanol–water partition coefficient (Wildman–Crippen LogP) is 2.16. The van der Waals surface area contributed by atoms with Crippen LogP contribution in [-0.4, -0.2) is 68.0 Å². The quantitative estimate of drug-likeness (QED) is 0.741. The van der Waals surface area contributed by atoms with E-state index in [-0.39, 0.29) is 18.1 Å². The third kappa shape index (κ3) is 3.42. The van der Waals surface area contributed by atoms with Crippen LogP contribution >= 0.6 is 0 Å². The van der Waals surface area contributed by atoms with E-state index in [9.17, 15) is 9.90 Å². The second-order valence-electron chi connectivity index (χ2n) is 6.89. The Hall–Kier alpha value is -3.36. The number of ether oxygens (including phenoxy) is 1. The lowest BCUT2D eigenvalue weighted by molar-refractivity contribution is 0.0751. The van der Waals surface area contributed by atoms with Crippen molar-refractivity contribution >= 4 is 17.6 Å². The molecule has 1 N–H and O–H groups in total. The summed E-state index contributed by atoms with van der Waals surface area (Å²) >= 11 is 0. The average molecular weight is 382 g/mol. The largest absolute Gasteiger partial charge is 0.493 e. The van der Waals surface area contributed by atoms with Crippen LogP contribution < -0.4 is 4.90 Å². The smallest absolute Gasteiger partial charge is 0.410 e. The maximum absolute atomic E-state index is 12.1. The van der Waals surface area contributed by atoms with Gasteiger partial charge in [0.25, 0.3) is 0 Å². The number of fused-ring (bicyclic) bond motifs is 1. The highest BCUT2D eigenvalue weighted by atomic mass is 16.6. The number of anilines is 1. The first-order valence-electron chi connectivity index (χ1n) is 9.22. The number of carbonyl (C=O) groups is 1. The zero-order valence-electron chi connectivity index (χ0n) is 15.8. The summed E-state index contributed by atoms with van der Waals surface area (Å²) in [5.41, 5.74) is 1.94. The molecule has 0 radical (unpaired) electrons. The van der Waals surface area contributed by atoms with Crippen molar-refractivity contribution in [3.8, 4) is 17.0 Å². The van der Waals surface area contributed by atoms with E-state index in [1.165, 1.54) is 6.20 Å². The molecule has 0 atom stereocenters. The lowest BCUT2D eigenvalue weighted by Crippen LogP contribution is -2.49. The van der Waals surface area contributed by atoms with Crippen molar-refractivity contribution in [1.82, 2.24) is 24.5 Å². The van der Waals surface area contributed by atoms with E-state index in [4.69, 9.17) is 9.72 Å². The summed E-state index contributed by atoms with van der Waals surface area (Å²) in [5, 5.41) is 14.4. The Bertz CT molecular complexity index is 994. The SMILES string of the molecule is CC(C)OC(=O)N1CCN(c2ccn3ncc(-c4cccnc4O)c3n2)CC1. The van der Waals surface area contributed by atoms with Crippen LogP contribution in [0, 0.1) is 0 Å². The van der Waals surface area contributed by atoms with E-state index in [1.807, 2.05) is 26.1 Å². The van der Waals surface area contributed by atoms with Crippen molar-refractivity contribution in [1.29, 1.82) is 0 Å². The molecule has 1 aliphatic heterocycles. The lowest BCUT2D eigenvalue weighted by Gasteiger charge is -2.35. The normalized spacial score (nSPS) is 14.7. The van der Waals surface area contributed by atoms with Crippen molar-refractivity contribution in [2.24, 2.45) is 0 Å². The first kappa shape index (κ1) is 18.0. The van der Waals surface area contributed by atoms with E-state index in [0.29, 0.717) is 43.0 Å². The number of piperazine rings is 1.